The zero-order valence-electron chi connectivity index (χ0n) is 18.3. The summed E-state index contributed by atoms with van der Waals surface area (Å²) in [7, 11) is -2.21. The number of hydrogen-bond acceptors (Lipinski definition) is 6. The van der Waals surface area contributed by atoms with E-state index < -0.39 is 16.2 Å². The van der Waals surface area contributed by atoms with Crippen LogP contribution < -0.4 is 4.74 Å². The molecule has 1 heterocycles. The van der Waals surface area contributed by atoms with Crippen molar-refractivity contribution in [3.8, 4) is 11.8 Å². The summed E-state index contributed by atoms with van der Waals surface area (Å²) in [4.78, 5) is 2.35. The molecule has 31 heavy (non-hydrogen) atoms. The second kappa shape index (κ2) is 10.3. The summed E-state index contributed by atoms with van der Waals surface area (Å²) >= 11 is 0. The molecule has 3 rings (SSSR count). The predicted molar refractivity (Wildman–Crippen MR) is 119 cm³/mol. The van der Waals surface area contributed by atoms with E-state index in [0.29, 0.717) is 5.75 Å². The Balaban J connectivity index is 1.74. The van der Waals surface area contributed by atoms with Gasteiger partial charge < -0.3 is 4.74 Å². The Morgan fingerprint density at radius 1 is 1.19 bits per heavy atom. The van der Waals surface area contributed by atoms with Crippen molar-refractivity contribution in [3.05, 3.63) is 59.7 Å². The highest BCUT2D eigenvalue weighted by Gasteiger charge is 2.34. The molecule has 7 heteroatoms. The van der Waals surface area contributed by atoms with Gasteiger partial charge in [0.2, 0.25) is 0 Å². The van der Waals surface area contributed by atoms with Crippen LogP contribution in [0.5, 0.6) is 5.75 Å². The molecule has 0 aromatic heterocycles. The van der Waals surface area contributed by atoms with E-state index in [4.69, 9.17) is 8.92 Å². The van der Waals surface area contributed by atoms with Gasteiger partial charge in [0.15, 0.2) is 0 Å². The van der Waals surface area contributed by atoms with Crippen molar-refractivity contribution in [2.45, 2.75) is 50.1 Å². The van der Waals surface area contributed by atoms with Gasteiger partial charge in [-0.3, -0.25) is 9.08 Å². The van der Waals surface area contributed by atoms with Crippen molar-refractivity contribution in [2.75, 3.05) is 20.3 Å². The fraction of sp³-hybridized carbons (Fsp3) is 0.458. The number of ether oxygens (including phenoxy) is 1. The van der Waals surface area contributed by atoms with Crippen molar-refractivity contribution < 1.29 is 17.3 Å². The number of aryl methyl sites for hydroxylation is 1. The lowest BCUT2D eigenvalue weighted by molar-refractivity contribution is 0.0629. The van der Waals surface area contributed by atoms with E-state index in [1.165, 1.54) is 0 Å². The Kier molecular flexibility index (Phi) is 7.71. The number of nitrogens with zero attached hydrogens (tertiary/aromatic N) is 2. The maximum Gasteiger partial charge on any atom is 0.296 e. The molecule has 1 aliphatic rings. The SMILES string of the molecule is COc1cccc(C(C#N)N2CCCCC2C(C)COS(=O)(=O)c2ccc(C)cc2)c1. The fourth-order valence-corrected chi connectivity index (χ4v) is 5.14. The van der Waals surface area contributed by atoms with Crippen molar-refractivity contribution >= 4 is 10.1 Å². The molecule has 3 unspecified atom stereocenters. The zero-order valence-corrected chi connectivity index (χ0v) is 19.1. The molecule has 2 aromatic carbocycles. The van der Waals surface area contributed by atoms with Crippen LogP contribution in [0.1, 0.15) is 43.4 Å². The minimum absolute atomic E-state index is 0.0535. The van der Waals surface area contributed by atoms with Gasteiger partial charge in [0, 0.05) is 12.6 Å². The van der Waals surface area contributed by atoms with Gasteiger partial charge in [-0.05, 0) is 55.5 Å². The molecule has 0 spiro atoms. The van der Waals surface area contributed by atoms with E-state index in [1.54, 1.807) is 31.4 Å². The van der Waals surface area contributed by atoms with Crippen LogP contribution in [0, 0.1) is 24.2 Å². The smallest absolute Gasteiger partial charge is 0.296 e. The third-order valence-corrected chi connectivity index (χ3v) is 7.20. The summed E-state index contributed by atoms with van der Waals surface area (Å²) in [6.07, 6.45) is 2.96. The molecular formula is C24H30N2O4S. The Labute approximate surface area is 185 Å². The lowest BCUT2D eigenvalue weighted by Gasteiger charge is -2.41. The molecule has 0 bridgehead atoms. The molecule has 1 aliphatic heterocycles. The monoisotopic (exact) mass is 442 g/mol. The lowest BCUT2D eigenvalue weighted by Crippen LogP contribution is -2.46. The minimum atomic E-state index is -3.82. The minimum Gasteiger partial charge on any atom is -0.497 e. The molecule has 166 valence electrons. The van der Waals surface area contributed by atoms with Gasteiger partial charge in [-0.25, -0.2) is 0 Å². The second-order valence-electron chi connectivity index (χ2n) is 8.14. The van der Waals surface area contributed by atoms with Gasteiger partial charge in [0.05, 0.1) is 24.7 Å². The highest BCUT2D eigenvalue weighted by molar-refractivity contribution is 7.86. The Morgan fingerprint density at radius 3 is 2.61 bits per heavy atom. The quantitative estimate of drug-likeness (QED) is 0.562. The van der Waals surface area contributed by atoms with Gasteiger partial charge >= 0.3 is 0 Å². The molecule has 0 saturated carbocycles. The molecule has 1 fully saturated rings. The van der Waals surface area contributed by atoms with Crippen LogP contribution in [0.15, 0.2) is 53.4 Å². The number of nitriles is 1. The van der Waals surface area contributed by atoms with E-state index in [-0.39, 0.29) is 23.5 Å². The van der Waals surface area contributed by atoms with E-state index in [2.05, 4.69) is 11.0 Å². The molecule has 2 aromatic rings. The summed E-state index contributed by atoms with van der Waals surface area (Å²) in [5.41, 5.74) is 1.87. The Bertz CT molecular complexity index is 1010. The molecule has 0 radical (unpaired) electrons. The summed E-state index contributed by atoms with van der Waals surface area (Å²) in [5.74, 6) is 0.661. The van der Waals surface area contributed by atoms with Gasteiger partial charge in [-0.15, -0.1) is 0 Å². The maximum atomic E-state index is 12.6. The predicted octanol–water partition coefficient (Wildman–Crippen LogP) is 4.46. The van der Waals surface area contributed by atoms with Crippen LogP contribution in [0.25, 0.3) is 0 Å². The third-order valence-electron chi connectivity index (χ3n) is 5.91. The Morgan fingerprint density at radius 2 is 1.94 bits per heavy atom. The van der Waals surface area contributed by atoms with Crippen molar-refractivity contribution in [1.82, 2.24) is 4.90 Å². The molecular weight excluding hydrogens is 412 g/mol. The fourth-order valence-electron chi connectivity index (χ4n) is 4.14. The highest BCUT2D eigenvalue weighted by Crippen LogP contribution is 2.33. The summed E-state index contributed by atoms with van der Waals surface area (Å²) in [6, 6.07) is 16.3. The number of rotatable bonds is 8. The van der Waals surface area contributed by atoms with E-state index in [0.717, 1.165) is 36.9 Å². The maximum absolute atomic E-state index is 12.6. The number of likely N-dealkylation sites (tertiary alicyclic amines) is 1. The number of piperidine rings is 1. The third kappa shape index (κ3) is 5.65. The van der Waals surface area contributed by atoms with Gasteiger partial charge in [0.1, 0.15) is 11.8 Å². The first-order chi connectivity index (χ1) is 14.9. The first kappa shape index (κ1) is 23.3. The van der Waals surface area contributed by atoms with E-state index in [1.807, 2.05) is 38.1 Å². The van der Waals surface area contributed by atoms with Crippen LogP contribution in [0.2, 0.25) is 0 Å². The van der Waals surface area contributed by atoms with E-state index >= 15 is 0 Å². The van der Waals surface area contributed by atoms with Crippen LogP contribution in [-0.2, 0) is 14.3 Å². The van der Waals surface area contributed by atoms with Crippen molar-refractivity contribution in [1.29, 1.82) is 5.26 Å². The molecule has 6 nitrogen and oxygen atoms in total. The molecule has 1 saturated heterocycles. The Hall–Kier alpha value is -2.40. The van der Waals surface area contributed by atoms with Gasteiger partial charge in [-0.1, -0.05) is 43.2 Å². The van der Waals surface area contributed by atoms with Crippen molar-refractivity contribution in [2.24, 2.45) is 5.92 Å². The standard InChI is InChI=1S/C24H30N2O4S/c1-18-10-12-22(13-11-18)31(27,28)30-17-19(2)23-9-4-5-14-26(23)24(16-25)20-7-6-8-21(15-20)29-3/h6-8,10-13,15,19,23-24H,4-5,9,14,17H2,1-3H3. The van der Waals surface area contributed by atoms with Crippen molar-refractivity contribution in [3.63, 3.8) is 0 Å². The molecule has 0 aliphatic carbocycles. The topological polar surface area (TPSA) is 79.6 Å². The van der Waals surface area contributed by atoms with Gasteiger partial charge in [0.25, 0.3) is 10.1 Å². The summed E-state index contributed by atoms with van der Waals surface area (Å²) in [6.45, 7) is 4.77. The average molecular weight is 443 g/mol. The molecule has 0 amide bonds. The normalized spacial score (nSPS) is 19.4. The highest BCUT2D eigenvalue weighted by atomic mass is 32.2. The van der Waals surface area contributed by atoms with Crippen LogP contribution >= 0.6 is 0 Å². The van der Waals surface area contributed by atoms with Gasteiger partial charge in [-0.2, -0.15) is 13.7 Å². The largest absolute Gasteiger partial charge is 0.497 e. The average Bonchev–Trinajstić information content (AvgIpc) is 2.79. The van der Waals surface area contributed by atoms with E-state index in [9.17, 15) is 13.7 Å². The zero-order chi connectivity index (χ0) is 22.4. The van der Waals surface area contributed by atoms with Crippen LogP contribution in [0.4, 0.5) is 0 Å². The number of benzene rings is 2. The van der Waals surface area contributed by atoms with Crippen LogP contribution in [-0.4, -0.2) is 39.6 Å². The first-order valence-corrected chi connectivity index (χ1v) is 12.0. The van der Waals surface area contributed by atoms with Crippen LogP contribution in [0.3, 0.4) is 0 Å². The molecule has 0 N–H and O–H groups in total. The first-order valence-electron chi connectivity index (χ1n) is 10.6. The number of methoxy groups -OCH3 is 1. The summed E-state index contributed by atoms with van der Waals surface area (Å²) < 4.78 is 35.9. The molecule has 3 atom stereocenters. The number of hydrogen-bond donors (Lipinski definition) is 0. The second-order valence-corrected chi connectivity index (χ2v) is 9.75. The summed E-state index contributed by atoms with van der Waals surface area (Å²) in [5, 5.41) is 9.97. The lowest BCUT2D eigenvalue weighted by atomic mass is 9.89.